The first kappa shape index (κ1) is 24.1. The van der Waals surface area contributed by atoms with E-state index in [0.29, 0.717) is 5.69 Å². The van der Waals surface area contributed by atoms with Crippen molar-refractivity contribution in [3.63, 3.8) is 0 Å². The summed E-state index contributed by atoms with van der Waals surface area (Å²) in [5.74, 6) is -1.80. The lowest BCUT2D eigenvalue weighted by Crippen LogP contribution is -2.44. The highest BCUT2D eigenvalue weighted by Crippen LogP contribution is 2.37. The zero-order valence-corrected chi connectivity index (χ0v) is 18.6. The summed E-state index contributed by atoms with van der Waals surface area (Å²) in [4.78, 5) is 31.2. The number of ether oxygens (including phenoxy) is 1. The second-order valence-corrected chi connectivity index (χ2v) is 7.16. The Kier molecular flexibility index (Phi) is 6.68. The van der Waals surface area contributed by atoms with Gasteiger partial charge in [0.1, 0.15) is 17.1 Å². The van der Waals surface area contributed by atoms with E-state index in [1.165, 1.54) is 15.8 Å². The number of hydrogen-bond acceptors (Lipinski definition) is 5. The van der Waals surface area contributed by atoms with Crippen LogP contribution in [0.5, 0.6) is 5.88 Å². The zero-order chi connectivity index (χ0) is 23.0. The number of carbonyl (C=O) groups is 2. The molecule has 2 aromatic heterocycles. The van der Waals surface area contributed by atoms with E-state index in [-0.39, 0.29) is 43.2 Å². The highest BCUT2D eigenvalue weighted by Gasteiger charge is 2.38. The van der Waals surface area contributed by atoms with Gasteiger partial charge in [-0.3, -0.25) is 19.2 Å². The van der Waals surface area contributed by atoms with Crippen LogP contribution in [0.4, 0.5) is 24.7 Å². The Morgan fingerprint density at radius 2 is 1.88 bits per heavy atom. The number of methoxy groups -OCH3 is 1. The molecule has 33 heavy (non-hydrogen) atoms. The third-order valence-corrected chi connectivity index (χ3v) is 5.00. The third kappa shape index (κ3) is 4.51. The molecule has 1 aliphatic rings. The number of nitrogens with zero attached hydrogens (tertiary/aromatic N) is 4. The maximum atomic E-state index is 13.3. The molecule has 8 nitrogen and oxygen atoms in total. The topological polar surface area (TPSA) is 89.3 Å². The minimum Gasteiger partial charge on any atom is -0.481 e. The monoisotopic (exact) mass is 479 g/mol. The van der Waals surface area contributed by atoms with Crippen molar-refractivity contribution in [1.29, 1.82) is 0 Å². The lowest BCUT2D eigenvalue weighted by atomic mass is 10.1. The molecule has 0 bridgehead atoms. The van der Waals surface area contributed by atoms with E-state index in [9.17, 15) is 22.8 Å². The largest absolute Gasteiger partial charge is 0.481 e. The van der Waals surface area contributed by atoms with E-state index in [0.717, 1.165) is 19.2 Å². The minimum atomic E-state index is -4.66. The van der Waals surface area contributed by atoms with Crippen LogP contribution in [0.15, 0.2) is 48.7 Å². The first-order valence-electron chi connectivity index (χ1n) is 9.58. The number of rotatable bonds is 4. The Bertz CT molecular complexity index is 1180. The molecule has 1 atom stereocenters. The van der Waals surface area contributed by atoms with Gasteiger partial charge >= 0.3 is 6.18 Å². The molecule has 0 saturated heterocycles. The molecule has 0 spiro atoms. The predicted molar refractivity (Wildman–Crippen MR) is 119 cm³/mol. The summed E-state index contributed by atoms with van der Waals surface area (Å²) in [5, 5.41) is 6.88. The summed E-state index contributed by atoms with van der Waals surface area (Å²) < 4.78 is 45.7. The molecule has 0 radical (unpaired) electrons. The van der Waals surface area contributed by atoms with Gasteiger partial charge in [0.25, 0.3) is 11.8 Å². The van der Waals surface area contributed by atoms with E-state index in [1.807, 2.05) is 0 Å². The van der Waals surface area contributed by atoms with E-state index >= 15 is 0 Å². The van der Waals surface area contributed by atoms with Gasteiger partial charge in [0.2, 0.25) is 5.88 Å². The molecule has 0 aliphatic carbocycles. The molecule has 2 amide bonds. The summed E-state index contributed by atoms with van der Waals surface area (Å²) in [6.07, 6.45) is -3.36. The number of alkyl halides is 3. The number of nitrogens with one attached hydrogen (secondary N) is 1. The van der Waals surface area contributed by atoms with Crippen LogP contribution in [0.2, 0.25) is 0 Å². The van der Waals surface area contributed by atoms with Gasteiger partial charge in [-0.15, -0.1) is 0 Å². The molecule has 0 saturated carbocycles. The van der Waals surface area contributed by atoms with E-state index < -0.39 is 29.4 Å². The molecule has 174 valence electrons. The van der Waals surface area contributed by atoms with Crippen LogP contribution in [0.25, 0.3) is 0 Å². The van der Waals surface area contributed by atoms with Crippen molar-refractivity contribution in [2.45, 2.75) is 19.1 Å². The number of hydrogen-bond donors (Lipinski definition) is 1. The van der Waals surface area contributed by atoms with Crippen molar-refractivity contribution in [1.82, 2.24) is 14.8 Å². The number of amides is 2. The fourth-order valence-electron chi connectivity index (χ4n) is 3.50. The zero-order valence-electron chi connectivity index (χ0n) is 17.6. The van der Waals surface area contributed by atoms with Gasteiger partial charge in [-0.25, -0.2) is 0 Å². The highest BCUT2D eigenvalue weighted by molar-refractivity contribution is 7.59. The quantitative estimate of drug-likeness (QED) is 0.613. The standard InChI is InChI=1S/C21H18F3N5O3.H2S/c1-12-11-28(16-9-8-15(21(22,23)24)19(27-16)32-2)20(31)17-14(10-25-29(12)17)18(30)26-13-6-4-3-5-7-13;/h3-10,12H,11H2,1-2H3,(H,26,30);1H2/t12-;/m0./s1. The second kappa shape index (κ2) is 9.14. The maximum Gasteiger partial charge on any atom is 0.421 e. The van der Waals surface area contributed by atoms with Crippen molar-refractivity contribution in [3.8, 4) is 5.88 Å². The lowest BCUT2D eigenvalue weighted by Gasteiger charge is -2.31. The van der Waals surface area contributed by atoms with Crippen LogP contribution >= 0.6 is 13.5 Å². The number of fused-ring (bicyclic) bond motifs is 1. The van der Waals surface area contributed by atoms with Gasteiger partial charge in [0.15, 0.2) is 0 Å². The van der Waals surface area contributed by atoms with Gasteiger partial charge in [-0.2, -0.15) is 36.7 Å². The predicted octanol–water partition coefficient (Wildman–Crippen LogP) is 3.89. The number of anilines is 2. The van der Waals surface area contributed by atoms with Crippen molar-refractivity contribution in [3.05, 3.63) is 65.5 Å². The average Bonchev–Trinajstić information content (AvgIpc) is 3.22. The molecule has 0 unspecified atom stereocenters. The van der Waals surface area contributed by atoms with Crippen molar-refractivity contribution in [2.24, 2.45) is 0 Å². The number of carbonyl (C=O) groups excluding carboxylic acids is 2. The van der Waals surface area contributed by atoms with Crippen molar-refractivity contribution < 1.29 is 27.5 Å². The van der Waals surface area contributed by atoms with E-state index in [2.05, 4.69) is 15.4 Å². The number of benzene rings is 1. The Labute approximate surface area is 193 Å². The number of para-hydroxylation sites is 1. The molecular formula is C21H20F3N5O3S. The summed E-state index contributed by atoms with van der Waals surface area (Å²) >= 11 is 0. The van der Waals surface area contributed by atoms with Gasteiger partial charge in [-0.05, 0) is 31.2 Å². The fourth-order valence-corrected chi connectivity index (χ4v) is 3.50. The molecular weight excluding hydrogens is 459 g/mol. The maximum absolute atomic E-state index is 13.3. The molecule has 0 fully saturated rings. The molecule has 12 heteroatoms. The fraction of sp³-hybridized carbons (Fsp3) is 0.238. The van der Waals surface area contributed by atoms with Crippen LogP contribution in [-0.4, -0.2) is 40.2 Å². The Balaban J connectivity index is 0.00000306. The van der Waals surface area contributed by atoms with Crippen LogP contribution in [-0.2, 0) is 6.18 Å². The molecule has 4 rings (SSSR count). The summed E-state index contributed by atoms with van der Waals surface area (Å²) in [7, 11) is 1.07. The van der Waals surface area contributed by atoms with Crippen LogP contribution in [0.3, 0.4) is 0 Å². The minimum absolute atomic E-state index is 0. The molecule has 1 N–H and O–H groups in total. The van der Waals surface area contributed by atoms with Gasteiger partial charge < -0.3 is 10.1 Å². The van der Waals surface area contributed by atoms with Crippen molar-refractivity contribution >= 4 is 36.8 Å². The van der Waals surface area contributed by atoms with Gasteiger partial charge in [-0.1, -0.05) is 18.2 Å². The first-order chi connectivity index (χ1) is 15.2. The molecule has 3 aromatic rings. The van der Waals surface area contributed by atoms with Gasteiger partial charge in [0, 0.05) is 12.2 Å². The van der Waals surface area contributed by atoms with Crippen LogP contribution < -0.4 is 15.0 Å². The summed E-state index contributed by atoms with van der Waals surface area (Å²) in [5.41, 5.74) is -0.430. The summed E-state index contributed by atoms with van der Waals surface area (Å²) in [6.45, 7) is 1.88. The smallest absolute Gasteiger partial charge is 0.421 e. The third-order valence-electron chi connectivity index (χ3n) is 5.00. The highest BCUT2D eigenvalue weighted by atomic mass is 32.1. The van der Waals surface area contributed by atoms with E-state index in [4.69, 9.17) is 4.74 Å². The molecule has 3 heterocycles. The Hall–Kier alpha value is -3.54. The Morgan fingerprint density at radius 3 is 2.52 bits per heavy atom. The summed E-state index contributed by atoms with van der Waals surface area (Å²) in [6, 6.07) is 10.3. The van der Waals surface area contributed by atoms with E-state index in [1.54, 1.807) is 37.3 Å². The van der Waals surface area contributed by atoms with Gasteiger partial charge in [0.05, 0.1) is 24.9 Å². The number of pyridine rings is 1. The second-order valence-electron chi connectivity index (χ2n) is 7.16. The van der Waals surface area contributed by atoms with Crippen molar-refractivity contribution in [2.75, 3.05) is 23.9 Å². The number of aromatic nitrogens is 3. The molecule has 1 aliphatic heterocycles. The lowest BCUT2D eigenvalue weighted by molar-refractivity contribution is -0.139. The van der Waals surface area contributed by atoms with Crippen LogP contribution in [0, 0.1) is 0 Å². The first-order valence-corrected chi connectivity index (χ1v) is 9.58. The normalized spacial score (nSPS) is 15.5. The average molecular weight is 479 g/mol. The molecule has 1 aromatic carbocycles. The van der Waals surface area contributed by atoms with Crippen LogP contribution in [0.1, 0.15) is 39.4 Å². The number of halogens is 3. The SMILES string of the molecule is COc1nc(N2C[C@H](C)n3ncc(C(=O)Nc4ccccc4)c3C2=O)ccc1C(F)(F)F.S. The Morgan fingerprint density at radius 1 is 1.18 bits per heavy atom.